The Morgan fingerprint density at radius 2 is 2.06 bits per heavy atom. The van der Waals surface area contributed by atoms with Gasteiger partial charge in [-0.1, -0.05) is 0 Å². The zero-order chi connectivity index (χ0) is 12.0. The number of rotatable bonds is 5. The number of aromatic hydroxyl groups is 1. The minimum absolute atomic E-state index is 0.0219. The normalized spacial score (nSPS) is 12.1. The third-order valence-electron chi connectivity index (χ3n) is 2.21. The Bertz CT molecular complexity index is 333. The van der Waals surface area contributed by atoms with Gasteiger partial charge in [0.25, 0.3) is 0 Å². The highest BCUT2D eigenvalue weighted by Gasteiger charge is 2.03. The summed E-state index contributed by atoms with van der Waals surface area (Å²) < 4.78 is 0. The Hall–Kier alpha value is -1.55. The summed E-state index contributed by atoms with van der Waals surface area (Å²) in [4.78, 5) is 11.5. The molecule has 0 heterocycles. The smallest absolute Gasteiger partial charge is 0.224 e. The first-order valence-electron chi connectivity index (χ1n) is 5.42. The van der Waals surface area contributed by atoms with Crippen molar-refractivity contribution in [2.24, 2.45) is 5.73 Å². The van der Waals surface area contributed by atoms with Crippen LogP contribution in [-0.4, -0.2) is 17.1 Å². The van der Waals surface area contributed by atoms with Gasteiger partial charge >= 0.3 is 0 Å². The number of phenols is 1. The van der Waals surface area contributed by atoms with Crippen molar-refractivity contribution in [3.8, 4) is 5.75 Å². The van der Waals surface area contributed by atoms with E-state index in [2.05, 4.69) is 5.32 Å². The highest BCUT2D eigenvalue weighted by Crippen LogP contribution is 2.14. The van der Waals surface area contributed by atoms with E-state index >= 15 is 0 Å². The Balaban J connectivity index is 2.31. The molecule has 4 nitrogen and oxygen atoms in total. The molecule has 0 aliphatic carbocycles. The third-order valence-corrected chi connectivity index (χ3v) is 2.21. The number of phenolic OH excluding ortho intramolecular Hbond substituents is 1. The molecular formula is C12H18N2O2. The lowest BCUT2D eigenvalue weighted by Crippen LogP contribution is -2.16. The van der Waals surface area contributed by atoms with Gasteiger partial charge in [-0.2, -0.15) is 0 Å². The summed E-state index contributed by atoms with van der Waals surface area (Å²) in [6.07, 6.45) is 2.12. The van der Waals surface area contributed by atoms with Crippen molar-refractivity contribution >= 4 is 11.6 Å². The molecule has 88 valence electrons. The van der Waals surface area contributed by atoms with Gasteiger partial charge in [0.15, 0.2) is 0 Å². The Labute approximate surface area is 95.5 Å². The number of nitrogens with two attached hydrogens (primary N) is 1. The quantitative estimate of drug-likeness (QED) is 0.665. The average Bonchev–Trinajstić information content (AvgIpc) is 2.21. The molecule has 1 aromatic carbocycles. The van der Waals surface area contributed by atoms with Crippen molar-refractivity contribution in [3.63, 3.8) is 0 Å². The molecule has 1 atom stereocenters. The van der Waals surface area contributed by atoms with Crippen LogP contribution in [0, 0.1) is 0 Å². The van der Waals surface area contributed by atoms with Crippen molar-refractivity contribution in [1.29, 1.82) is 0 Å². The lowest BCUT2D eigenvalue weighted by atomic mass is 10.1. The summed E-state index contributed by atoms with van der Waals surface area (Å²) in [6.45, 7) is 1.93. The first kappa shape index (κ1) is 12.5. The molecule has 1 aromatic rings. The number of anilines is 1. The van der Waals surface area contributed by atoms with Gasteiger partial charge in [-0.15, -0.1) is 0 Å². The van der Waals surface area contributed by atoms with E-state index in [1.807, 2.05) is 6.92 Å². The molecule has 16 heavy (non-hydrogen) atoms. The maximum absolute atomic E-state index is 11.5. The Morgan fingerprint density at radius 3 is 2.62 bits per heavy atom. The van der Waals surface area contributed by atoms with Gasteiger partial charge in [0.1, 0.15) is 5.75 Å². The SMILES string of the molecule is CC(N)CCCC(=O)Nc1ccc(O)cc1. The number of carbonyl (C=O) groups is 1. The maximum Gasteiger partial charge on any atom is 0.224 e. The van der Waals surface area contributed by atoms with E-state index in [9.17, 15) is 4.79 Å². The van der Waals surface area contributed by atoms with Crippen LogP contribution in [0.2, 0.25) is 0 Å². The Morgan fingerprint density at radius 1 is 1.44 bits per heavy atom. The second-order valence-electron chi connectivity index (χ2n) is 3.96. The molecule has 0 saturated carbocycles. The minimum atomic E-state index is -0.0219. The summed E-state index contributed by atoms with van der Waals surface area (Å²) >= 11 is 0. The maximum atomic E-state index is 11.5. The van der Waals surface area contributed by atoms with Gasteiger partial charge in [-0.25, -0.2) is 0 Å². The predicted molar refractivity (Wildman–Crippen MR) is 64.2 cm³/mol. The third kappa shape index (κ3) is 4.79. The van der Waals surface area contributed by atoms with Gasteiger partial charge in [0.05, 0.1) is 0 Å². The molecule has 0 spiro atoms. The molecule has 0 saturated heterocycles. The van der Waals surface area contributed by atoms with E-state index in [0.29, 0.717) is 12.1 Å². The molecule has 0 aliphatic rings. The van der Waals surface area contributed by atoms with Gasteiger partial charge in [0.2, 0.25) is 5.91 Å². The molecular weight excluding hydrogens is 204 g/mol. The zero-order valence-corrected chi connectivity index (χ0v) is 9.44. The number of amides is 1. The van der Waals surface area contributed by atoms with Crippen LogP contribution in [0.4, 0.5) is 5.69 Å². The van der Waals surface area contributed by atoms with E-state index in [1.165, 1.54) is 12.1 Å². The topological polar surface area (TPSA) is 75.4 Å². The summed E-state index contributed by atoms with van der Waals surface area (Å²) in [7, 11) is 0. The molecule has 1 amide bonds. The fraction of sp³-hybridized carbons (Fsp3) is 0.417. The second kappa shape index (κ2) is 6.12. The Kier molecular flexibility index (Phi) is 4.79. The zero-order valence-electron chi connectivity index (χ0n) is 9.44. The summed E-state index contributed by atoms with van der Waals surface area (Å²) in [6, 6.07) is 6.55. The lowest BCUT2D eigenvalue weighted by molar-refractivity contribution is -0.116. The van der Waals surface area contributed by atoms with E-state index in [4.69, 9.17) is 10.8 Å². The lowest BCUT2D eigenvalue weighted by Gasteiger charge is -2.06. The number of nitrogens with one attached hydrogen (secondary N) is 1. The van der Waals surface area contributed by atoms with Crippen LogP contribution in [-0.2, 0) is 4.79 Å². The van der Waals surface area contributed by atoms with Crippen molar-refractivity contribution < 1.29 is 9.90 Å². The van der Waals surface area contributed by atoms with Crippen molar-refractivity contribution in [1.82, 2.24) is 0 Å². The van der Waals surface area contributed by atoms with Crippen LogP contribution in [0.25, 0.3) is 0 Å². The monoisotopic (exact) mass is 222 g/mol. The fourth-order valence-corrected chi connectivity index (χ4v) is 1.35. The van der Waals surface area contributed by atoms with E-state index in [-0.39, 0.29) is 17.7 Å². The van der Waals surface area contributed by atoms with Crippen LogP contribution in [0.15, 0.2) is 24.3 Å². The summed E-state index contributed by atoms with van der Waals surface area (Å²) in [5, 5.41) is 11.8. The number of hydrogen-bond acceptors (Lipinski definition) is 3. The highest BCUT2D eigenvalue weighted by molar-refractivity contribution is 5.90. The fourth-order valence-electron chi connectivity index (χ4n) is 1.35. The van der Waals surface area contributed by atoms with Gasteiger partial charge < -0.3 is 16.2 Å². The average molecular weight is 222 g/mol. The van der Waals surface area contributed by atoms with E-state index in [0.717, 1.165) is 12.8 Å². The summed E-state index contributed by atoms with van der Waals surface area (Å²) in [5.74, 6) is 0.168. The number of hydrogen-bond donors (Lipinski definition) is 3. The highest BCUT2D eigenvalue weighted by atomic mass is 16.3. The molecule has 0 bridgehead atoms. The minimum Gasteiger partial charge on any atom is -0.508 e. The van der Waals surface area contributed by atoms with Crippen LogP contribution in [0.5, 0.6) is 5.75 Å². The molecule has 4 heteroatoms. The van der Waals surface area contributed by atoms with Crippen LogP contribution in [0.3, 0.4) is 0 Å². The van der Waals surface area contributed by atoms with Crippen LogP contribution < -0.4 is 11.1 Å². The first-order chi connectivity index (χ1) is 7.58. The van der Waals surface area contributed by atoms with Crippen molar-refractivity contribution in [2.45, 2.75) is 32.2 Å². The number of benzene rings is 1. The largest absolute Gasteiger partial charge is 0.508 e. The van der Waals surface area contributed by atoms with Gasteiger partial charge in [0, 0.05) is 18.2 Å². The summed E-state index contributed by atoms with van der Waals surface area (Å²) in [5.41, 5.74) is 6.29. The second-order valence-corrected chi connectivity index (χ2v) is 3.96. The van der Waals surface area contributed by atoms with Crippen LogP contribution in [0.1, 0.15) is 26.2 Å². The molecule has 0 aromatic heterocycles. The molecule has 1 unspecified atom stereocenters. The first-order valence-corrected chi connectivity index (χ1v) is 5.42. The van der Waals surface area contributed by atoms with Crippen molar-refractivity contribution in [2.75, 3.05) is 5.32 Å². The standard InChI is InChI=1S/C12H18N2O2/c1-9(13)3-2-4-12(16)14-10-5-7-11(15)8-6-10/h5-9,15H,2-4,13H2,1H3,(H,14,16). The molecule has 0 radical (unpaired) electrons. The van der Waals surface area contributed by atoms with Crippen molar-refractivity contribution in [3.05, 3.63) is 24.3 Å². The number of carbonyl (C=O) groups excluding carboxylic acids is 1. The van der Waals surface area contributed by atoms with Gasteiger partial charge in [-0.05, 0) is 44.0 Å². The van der Waals surface area contributed by atoms with Gasteiger partial charge in [-0.3, -0.25) is 4.79 Å². The van der Waals surface area contributed by atoms with E-state index < -0.39 is 0 Å². The molecule has 0 aliphatic heterocycles. The molecule has 1 rings (SSSR count). The van der Waals surface area contributed by atoms with E-state index in [1.54, 1.807) is 12.1 Å². The molecule has 4 N–H and O–H groups in total. The van der Waals surface area contributed by atoms with Crippen LogP contribution >= 0.6 is 0 Å². The molecule has 0 fully saturated rings. The predicted octanol–water partition coefficient (Wildman–Crippen LogP) is 1.85.